The van der Waals surface area contributed by atoms with Crippen molar-refractivity contribution in [1.82, 2.24) is 9.55 Å². The lowest BCUT2D eigenvalue weighted by molar-refractivity contribution is 1.06. The van der Waals surface area contributed by atoms with E-state index in [1.54, 1.807) is 0 Å². The average molecular weight is 615 g/mol. The Balaban J connectivity index is 1.32. The van der Waals surface area contributed by atoms with Gasteiger partial charge in [0.15, 0.2) is 0 Å². The third-order valence-electron chi connectivity index (χ3n) is 9.86. The fourth-order valence-electron chi connectivity index (χ4n) is 7.63. The maximum atomic E-state index is 5.34. The average Bonchev–Trinajstić information content (AvgIpc) is 3.56. The predicted octanol–water partition coefficient (Wildman–Crippen LogP) is 12.4. The van der Waals surface area contributed by atoms with E-state index in [1.165, 1.54) is 60.5 Å². The van der Waals surface area contributed by atoms with Gasteiger partial charge in [-0.25, -0.2) is 4.98 Å². The van der Waals surface area contributed by atoms with Crippen LogP contribution in [0.2, 0.25) is 0 Å². The highest BCUT2D eigenvalue weighted by Gasteiger charge is 2.21. The maximum absolute atomic E-state index is 5.34. The second-order valence-corrected chi connectivity index (χ2v) is 12.7. The summed E-state index contributed by atoms with van der Waals surface area (Å²) in [7, 11) is 0. The van der Waals surface area contributed by atoms with Crippen molar-refractivity contribution in [3.63, 3.8) is 0 Å². The van der Waals surface area contributed by atoms with Crippen LogP contribution in [0.3, 0.4) is 0 Å². The first kappa shape index (κ1) is 28.3. The van der Waals surface area contributed by atoms with E-state index in [9.17, 15) is 0 Å². The van der Waals surface area contributed by atoms with Gasteiger partial charge in [0.25, 0.3) is 0 Å². The molecule has 1 heterocycles. The quantitative estimate of drug-likeness (QED) is 0.176. The number of fused-ring (bicyclic) bond motifs is 3. The van der Waals surface area contributed by atoms with Gasteiger partial charge in [-0.1, -0.05) is 140 Å². The van der Waals surface area contributed by atoms with Crippen molar-refractivity contribution in [3.05, 3.63) is 175 Å². The van der Waals surface area contributed by atoms with Crippen molar-refractivity contribution < 1.29 is 0 Å². The molecule has 0 saturated heterocycles. The van der Waals surface area contributed by atoms with Crippen LogP contribution in [0.1, 0.15) is 24.0 Å². The molecule has 0 fully saturated rings. The van der Waals surface area contributed by atoms with Gasteiger partial charge in [-0.15, -0.1) is 0 Å². The monoisotopic (exact) mass is 614 g/mol. The largest absolute Gasteiger partial charge is 0.292 e. The molecule has 0 atom stereocenters. The molecule has 0 aliphatic heterocycles. The molecule has 1 aliphatic carbocycles. The minimum Gasteiger partial charge on any atom is -0.292 e. The molecule has 228 valence electrons. The first-order valence-corrected chi connectivity index (χ1v) is 16.8. The molecule has 0 amide bonds. The van der Waals surface area contributed by atoms with Crippen molar-refractivity contribution in [2.24, 2.45) is 0 Å². The molecule has 2 nitrogen and oxygen atoms in total. The lowest BCUT2D eigenvalue weighted by Crippen LogP contribution is -1.97. The van der Waals surface area contributed by atoms with Crippen LogP contribution >= 0.6 is 0 Å². The summed E-state index contributed by atoms with van der Waals surface area (Å²) in [5.74, 6) is 0.953. The van der Waals surface area contributed by atoms with Crippen LogP contribution in [0.15, 0.2) is 164 Å². The lowest BCUT2D eigenvalue weighted by atomic mass is 9.83. The summed E-state index contributed by atoms with van der Waals surface area (Å²) >= 11 is 0. The molecule has 1 aromatic heterocycles. The highest BCUT2D eigenvalue weighted by Crippen LogP contribution is 2.45. The van der Waals surface area contributed by atoms with E-state index in [1.807, 2.05) is 0 Å². The third-order valence-corrected chi connectivity index (χ3v) is 9.86. The van der Waals surface area contributed by atoms with Crippen LogP contribution in [0.5, 0.6) is 0 Å². The molecule has 7 aromatic carbocycles. The van der Waals surface area contributed by atoms with Crippen LogP contribution in [0.25, 0.3) is 77.5 Å². The first-order chi connectivity index (χ1) is 23.8. The third kappa shape index (κ3) is 4.60. The number of aryl methyl sites for hydroxylation is 1. The van der Waals surface area contributed by atoms with Gasteiger partial charge in [-0.05, 0) is 105 Å². The van der Waals surface area contributed by atoms with Crippen molar-refractivity contribution in [1.29, 1.82) is 0 Å². The van der Waals surface area contributed by atoms with E-state index in [-0.39, 0.29) is 0 Å². The molecule has 0 radical (unpaired) electrons. The number of hydrogen-bond donors (Lipinski definition) is 0. The van der Waals surface area contributed by atoms with Crippen LogP contribution in [-0.2, 0) is 0 Å². The number of aromatic nitrogens is 2. The Morgan fingerprint density at radius 3 is 1.92 bits per heavy atom. The predicted molar refractivity (Wildman–Crippen MR) is 203 cm³/mol. The van der Waals surface area contributed by atoms with Gasteiger partial charge in [0.2, 0.25) is 0 Å². The van der Waals surface area contributed by atoms with E-state index in [2.05, 4.69) is 175 Å². The summed E-state index contributed by atoms with van der Waals surface area (Å²) in [6.07, 6.45) is 8.91. The SMILES string of the molecule is Cc1c(-c2ccc3c(-c4ccccc4)c4ccccc4c(C4=CC=CCC4)c3c2)ccc2c1nc(-c1ccccc1)n2-c1ccccc1. The van der Waals surface area contributed by atoms with Crippen LogP contribution in [0.4, 0.5) is 0 Å². The highest BCUT2D eigenvalue weighted by atomic mass is 15.1. The molecule has 0 bridgehead atoms. The van der Waals surface area contributed by atoms with E-state index < -0.39 is 0 Å². The number of nitrogens with zero attached hydrogens (tertiary/aromatic N) is 2. The number of rotatable bonds is 5. The normalized spacial score (nSPS) is 13.0. The van der Waals surface area contributed by atoms with Gasteiger partial charge in [0.1, 0.15) is 5.82 Å². The fourth-order valence-corrected chi connectivity index (χ4v) is 7.63. The second-order valence-electron chi connectivity index (χ2n) is 12.7. The van der Waals surface area contributed by atoms with Crippen molar-refractivity contribution in [2.75, 3.05) is 0 Å². The van der Waals surface area contributed by atoms with E-state index in [0.717, 1.165) is 41.0 Å². The smallest absolute Gasteiger partial charge is 0.145 e. The molecular formula is C46H34N2. The molecular weight excluding hydrogens is 581 g/mol. The van der Waals surface area contributed by atoms with Gasteiger partial charge >= 0.3 is 0 Å². The Bertz CT molecular complexity index is 2540. The zero-order valence-corrected chi connectivity index (χ0v) is 26.9. The molecule has 0 unspecified atom stereocenters. The van der Waals surface area contributed by atoms with Crippen LogP contribution < -0.4 is 0 Å². The number of hydrogen-bond acceptors (Lipinski definition) is 1. The summed E-state index contributed by atoms with van der Waals surface area (Å²) in [5.41, 5.74) is 13.2. The standard InChI is InChI=1S/C46H34N2/c1-31-37(28-29-42-45(31)47-46(34-20-10-4-11-21-34)48(42)36-22-12-5-13-23-36)35-26-27-40-41(30-35)44(33-18-8-3-9-19-33)39-25-15-14-24-38(39)43(40)32-16-6-2-7-17-32/h2-8,10-18,20-30H,9,19H2,1H3. The van der Waals surface area contributed by atoms with Crippen LogP contribution in [0, 0.1) is 6.92 Å². The van der Waals surface area contributed by atoms with Gasteiger partial charge in [0, 0.05) is 11.3 Å². The first-order valence-electron chi connectivity index (χ1n) is 16.8. The summed E-state index contributed by atoms with van der Waals surface area (Å²) in [6.45, 7) is 2.23. The molecule has 0 spiro atoms. The van der Waals surface area contributed by atoms with Crippen molar-refractivity contribution in [2.45, 2.75) is 19.8 Å². The molecule has 48 heavy (non-hydrogen) atoms. The summed E-state index contributed by atoms with van der Waals surface area (Å²) < 4.78 is 2.29. The second kappa shape index (κ2) is 11.7. The Hall–Kier alpha value is -5.99. The highest BCUT2D eigenvalue weighted by molar-refractivity contribution is 6.19. The molecule has 2 heteroatoms. The number of benzene rings is 7. The summed E-state index contributed by atoms with van der Waals surface area (Å²) in [4.78, 5) is 5.34. The lowest BCUT2D eigenvalue weighted by Gasteiger charge is -2.21. The molecule has 1 aliphatic rings. The van der Waals surface area contributed by atoms with Gasteiger partial charge in [-0.2, -0.15) is 0 Å². The maximum Gasteiger partial charge on any atom is 0.145 e. The van der Waals surface area contributed by atoms with Gasteiger partial charge < -0.3 is 0 Å². The fraction of sp³-hybridized carbons (Fsp3) is 0.0652. The Labute approximate surface area is 281 Å². The summed E-state index contributed by atoms with van der Waals surface area (Å²) in [6, 6.07) is 52.5. The zero-order valence-electron chi connectivity index (χ0n) is 26.9. The number of imidazole rings is 1. The van der Waals surface area contributed by atoms with Crippen LogP contribution in [-0.4, -0.2) is 9.55 Å². The number of allylic oxidation sites excluding steroid dienone is 4. The van der Waals surface area contributed by atoms with Crippen molar-refractivity contribution in [3.8, 4) is 39.3 Å². The van der Waals surface area contributed by atoms with Gasteiger partial charge in [-0.3, -0.25) is 4.57 Å². The number of para-hydroxylation sites is 1. The van der Waals surface area contributed by atoms with E-state index in [0.29, 0.717) is 0 Å². The topological polar surface area (TPSA) is 17.8 Å². The van der Waals surface area contributed by atoms with E-state index in [4.69, 9.17) is 4.98 Å². The van der Waals surface area contributed by atoms with Gasteiger partial charge in [0.05, 0.1) is 11.0 Å². The Morgan fingerprint density at radius 1 is 0.562 bits per heavy atom. The van der Waals surface area contributed by atoms with Crippen molar-refractivity contribution >= 4 is 38.2 Å². The summed E-state index contributed by atoms with van der Waals surface area (Å²) in [5, 5.41) is 5.19. The molecule has 8 aromatic rings. The zero-order chi connectivity index (χ0) is 32.0. The Kier molecular flexibility index (Phi) is 6.87. The molecule has 0 saturated carbocycles. The van der Waals surface area contributed by atoms with E-state index >= 15 is 0 Å². The molecule has 0 N–H and O–H groups in total. The Morgan fingerprint density at radius 2 is 1.21 bits per heavy atom. The minimum absolute atomic E-state index is 0.953. The minimum atomic E-state index is 0.953. The molecule has 9 rings (SSSR count).